The molecule has 7 heteroatoms. The van der Waals surface area contributed by atoms with Crippen molar-refractivity contribution in [2.24, 2.45) is 0 Å². The van der Waals surface area contributed by atoms with Crippen molar-refractivity contribution in [3.8, 4) is 5.75 Å². The molecule has 0 N–H and O–H groups in total. The van der Waals surface area contributed by atoms with E-state index in [1.807, 2.05) is 6.92 Å². The lowest BCUT2D eigenvalue weighted by molar-refractivity contribution is 0.263. The van der Waals surface area contributed by atoms with Crippen LogP contribution in [0.1, 0.15) is 23.9 Å². The third-order valence-corrected chi connectivity index (χ3v) is 3.82. The first-order chi connectivity index (χ1) is 9.97. The van der Waals surface area contributed by atoms with E-state index in [1.165, 1.54) is 0 Å². The molecule has 1 aromatic carbocycles. The van der Waals surface area contributed by atoms with Crippen molar-refractivity contribution >= 4 is 23.2 Å². The molecule has 1 heterocycles. The maximum absolute atomic E-state index is 13.8. The van der Waals surface area contributed by atoms with E-state index in [0.717, 1.165) is 12.1 Å². The summed E-state index contributed by atoms with van der Waals surface area (Å²) < 4.78 is 34.5. The Morgan fingerprint density at radius 3 is 2.43 bits per heavy atom. The highest BCUT2D eigenvalue weighted by Gasteiger charge is 2.17. The number of aromatic nitrogens is 2. The molecule has 2 aromatic rings. The van der Waals surface area contributed by atoms with Crippen molar-refractivity contribution in [1.29, 1.82) is 0 Å². The summed E-state index contributed by atoms with van der Waals surface area (Å²) in [5.41, 5.74) is 1.58. The van der Waals surface area contributed by atoms with E-state index in [9.17, 15) is 8.78 Å². The zero-order chi connectivity index (χ0) is 15.6. The molecule has 1 aromatic heterocycles. The molecular formula is C14H14Cl2F2N2O. The Labute approximate surface area is 131 Å². The summed E-state index contributed by atoms with van der Waals surface area (Å²) in [7, 11) is 0. The fraction of sp³-hybridized carbons (Fsp3) is 0.357. The number of hydrogen-bond donors (Lipinski definition) is 0. The standard InChI is InChI=1S/C14H14Cl2F2N2O/c1-3-20-12(13(16)8(2)19-20)7-21-14-10(17)4-9(6-15)5-11(14)18/h4-5H,3,6-7H2,1-2H3. The van der Waals surface area contributed by atoms with E-state index >= 15 is 0 Å². The van der Waals surface area contributed by atoms with Gasteiger partial charge in [0.15, 0.2) is 17.4 Å². The average Bonchev–Trinajstić information content (AvgIpc) is 2.73. The van der Waals surface area contributed by atoms with Gasteiger partial charge in [0.1, 0.15) is 6.61 Å². The van der Waals surface area contributed by atoms with Gasteiger partial charge in [-0.2, -0.15) is 5.10 Å². The highest BCUT2D eigenvalue weighted by atomic mass is 35.5. The minimum atomic E-state index is -0.791. The Hall–Kier alpha value is -1.33. The average molecular weight is 335 g/mol. The number of nitrogens with zero attached hydrogens (tertiary/aromatic N) is 2. The van der Waals surface area contributed by atoms with E-state index in [-0.39, 0.29) is 12.5 Å². The Kier molecular flexibility index (Phi) is 5.06. The molecule has 0 atom stereocenters. The van der Waals surface area contributed by atoms with E-state index in [4.69, 9.17) is 27.9 Å². The summed E-state index contributed by atoms with van der Waals surface area (Å²) in [5, 5.41) is 4.65. The third kappa shape index (κ3) is 3.30. The Balaban J connectivity index is 2.25. The summed E-state index contributed by atoms with van der Waals surface area (Å²) in [6.45, 7) is 4.17. The first-order valence-corrected chi connectivity index (χ1v) is 7.27. The van der Waals surface area contributed by atoms with Crippen molar-refractivity contribution in [2.75, 3.05) is 0 Å². The fourth-order valence-electron chi connectivity index (χ4n) is 1.97. The number of alkyl halides is 1. The number of hydrogen-bond acceptors (Lipinski definition) is 2. The molecule has 0 spiro atoms. The summed E-state index contributed by atoms with van der Waals surface area (Å²) in [6.07, 6.45) is 0. The van der Waals surface area contributed by atoms with Crippen LogP contribution in [0.15, 0.2) is 12.1 Å². The molecule has 0 aliphatic carbocycles. The van der Waals surface area contributed by atoms with Crippen molar-refractivity contribution in [1.82, 2.24) is 9.78 Å². The highest BCUT2D eigenvalue weighted by Crippen LogP contribution is 2.27. The topological polar surface area (TPSA) is 27.1 Å². The van der Waals surface area contributed by atoms with Gasteiger partial charge in [-0.15, -0.1) is 11.6 Å². The number of ether oxygens (including phenoxy) is 1. The highest BCUT2D eigenvalue weighted by molar-refractivity contribution is 6.31. The van der Waals surface area contributed by atoms with Crippen LogP contribution in [0.3, 0.4) is 0 Å². The zero-order valence-electron chi connectivity index (χ0n) is 11.6. The van der Waals surface area contributed by atoms with Gasteiger partial charge in [0.2, 0.25) is 0 Å². The second-order valence-corrected chi connectivity index (χ2v) is 5.12. The van der Waals surface area contributed by atoms with Crippen molar-refractivity contribution in [3.63, 3.8) is 0 Å². The van der Waals surface area contributed by atoms with Crippen LogP contribution in [0.2, 0.25) is 5.02 Å². The lowest BCUT2D eigenvalue weighted by Crippen LogP contribution is -2.08. The first-order valence-electron chi connectivity index (χ1n) is 6.36. The van der Waals surface area contributed by atoms with Crippen LogP contribution >= 0.6 is 23.2 Å². The molecule has 0 radical (unpaired) electrons. The molecular weight excluding hydrogens is 321 g/mol. The molecule has 0 unspecified atom stereocenters. The van der Waals surface area contributed by atoms with Gasteiger partial charge in [0, 0.05) is 12.4 Å². The van der Waals surface area contributed by atoms with Crippen LogP contribution in [0, 0.1) is 18.6 Å². The maximum atomic E-state index is 13.8. The molecule has 0 aliphatic heterocycles. The largest absolute Gasteiger partial charge is 0.481 e. The van der Waals surface area contributed by atoms with Crippen LogP contribution in [-0.4, -0.2) is 9.78 Å². The quantitative estimate of drug-likeness (QED) is 0.755. The van der Waals surface area contributed by atoms with E-state index in [1.54, 1.807) is 11.6 Å². The maximum Gasteiger partial charge on any atom is 0.191 e. The third-order valence-electron chi connectivity index (χ3n) is 3.02. The minimum Gasteiger partial charge on any atom is -0.481 e. The second-order valence-electron chi connectivity index (χ2n) is 4.47. The molecule has 0 aliphatic rings. The van der Waals surface area contributed by atoms with Crippen LogP contribution in [0.25, 0.3) is 0 Å². The lowest BCUT2D eigenvalue weighted by Gasteiger charge is -2.11. The summed E-state index contributed by atoms with van der Waals surface area (Å²) in [4.78, 5) is 0. The van der Waals surface area contributed by atoms with Crippen molar-refractivity contribution < 1.29 is 13.5 Å². The van der Waals surface area contributed by atoms with E-state index in [0.29, 0.717) is 28.5 Å². The smallest absolute Gasteiger partial charge is 0.191 e. The van der Waals surface area contributed by atoms with Crippen molar-refractivity contribution in [2.45, 2.75) is 32.9 Å². The molecule has 0 bridgehead atoms. The van der Waals surface area contributed by atoms with Gasteiger partial charge in [-0.25, -0.2) is 8.78 Å². The van der Waals surface area contributed by atoms with E-state index in [2.05, 4.69) is 5.10 Å². The predicted octanol–water partition coefficient (Wildman–Crippen LogP) is 4.46. The fourth-order valence-corrected chi connectivity index (χ4v) is 2.32. The number of aryl methyl sites for hydroxylation is 2. The van der Waals surface area contributed by atoms with Gasteiger partial charge >= 0.3 is 0 Å². The van der Waals surface area contributed by atoms with E-state index < -0.39 is 17.4 Å². The van der Waals surface area contributed by atoms with Gasteiger partial charge in [-0.1, -0.05) is 11.6 Å². The predicted molar refractivity (Wildman–Crippen MR) is 77.9 cm³/mol. The Bertz CT molecular complexity index is 636. The Morgan fingerprint density at radius 1 is 1.29 bits per heavy atom. The van der Waals surface area contributed by atoms with Gasteiger partial charge in [-0.05, 0) is 31.5 Å². The van der Waals surface area contributed by atoms with Gasteiger partial charge < -0.3 is 4.74 Å². The van der Waals surface area contributed by atoms with Gasteiger partial charge in [-0.3, -0.25) is 4.68 Å². The van der Waals surface area contributed by atoms with Crippen LogP contribution in [-0.2, 0) is 19.0 Å². The van der Waals surface area contributed by atoms with Crippen LogP contribution in [0.5, 0.6) is 5.75 Å². The molecule has 2 rings (SSSR count). The lowest BCUT2D eigenvalue weighted by atomic mass is 10.2. The molecule has 0 saturated carbocycles. The first kappa shape index (κ1) is 16.0. The number of halogens is 4. The molecule has 21 heavy (non-hydrogen) atoms. The monoisotopic (exact) mass is 334 g/mol. The zero-order valence-corrected chi connectivity index (χ0v) is 13.1. The van der Waals surface area contributed by atoms with Gasteiger partial charge in [0.05, 0.1) is 16.4 Å². The van der Waals surface area contributed by atoms with Gasteiger partial charge in [0.25, 0.3) is 0 Å². The molecule has 0 fully saturated rings. The van der Waals surface area contributed by atoms with Crippen LogP contribution in [0.4, 0.5) is 8.78 Å². The Morgan fingerprint density at radius 2 is 1.90 bits per heavy atom. The summed E-state index contributed by atoms with van der Waals surface area (Å²) in [6, 6.07) is 2.30. The number of rotatable bonds is 5. The second kappa shape index (κ2) is 6.62. The number of benzene rings is 1. The minimum absolute atomic E-state index is 0.0295. The van der Waals surface area contributed by atoms with Crippen molar-refractivity contribution in [3.05, 3.63) is 45.7 Å². The molecule has 0 saturated heterocycles. The molecule has 0 amide bonds. The summed E-state index contributed by atoms with van der Waals surface area (Å²) in [5.74, 6) is -1.99. The molecule has 114 valence electrons. The normalized spacial score (nSPS) is 11.0. The summed E-state index contributed by atoms with van der Waals surface area (Å²) >= 11 is 11.7. The molecule has 3 nitrogen and oxygen atoms in total. The SMILES string of the molecule is CCn1nc(C)c(Cl)c1COc1c(F)cc(CCl)cc1F. The van der Waals surface area contributed by atoms with Crippen LogP contribution < -0.4 is 4.74 Å².